The minimum absolute atomic E-state index is 0.122. The van der Waals surface area contributed by atoms with Crippen LogP contribution in [0.25, 0.3) is 10.9 Å². The van der Waals surface area contributed by atoms with E-state index in [9.17, 15) is 10.1 Å². The molecule has 1 aromatic heterocycles. The number of nitrogens with zero attached hydrogens (tertiary/aromatic N) is 4. The Morgan fingerprint density at radius 1 is 1.16 bits per heavy atom. The van der Waals surface area contributed by atoms with E-state index in [0.29, 0.717) is 36.9 Å². The number of aromatic nitrogens is 1. The average molecular weight is 602 g/mol. The maximum absolute atomic E-state index is 13.3. The molecule has 10 heteroatoms. The first-order valence-electron chi connectivity index (χ1n) is 15.4. The summed E-state index contributed by atoms with van der Waals surface area (Å²) in [5.41, 5.74) is 6.19. The molecule has 3 aromatic carbocycles. The second-order valence-electron chi connectivity index (χ2n) is 11.5. The van der Waals surface area contributed by atoms with Crippen LogP contribution in [-0.4, -0.2) is 54.5 Å². The summed E-state index contributed by atoms with van der Waals surface area (Å²) < 4.78 is 12.0. The smallest absolute Gasteiger partial charge is 0.248 e. The number of aromatic amines is 1. The molecule has 3 aliphatic heterocycles. The topological polar surface area (TPSA) is 118 Å². The van der Waals surface area contributed by atoms with Gasteiger partial charge in [-0.2, -0.15) is 5.26 Å². The number of ether oxygens (including phenoxy) is 2. The lowest BCUT2D eigenvalue weighted by molar-refractivity contribution is -0.112. The molecule has 3 aliphatic rings. The van der Waals surface area contributed by atoms with E-state index in [1.165, 1.54) is 0 Å². The number of rotatable bonds is 8. The quantitative estimate of drug-likeness (QED) is 0.174. The van der Waals surface area contributed by atoms with Gasteiger partial charge in [-0.05, 0) is 61.8 Å². The van der Waals surface area contributed by atoms with Gasteiger partial charge < -0.3 is 30.0 Å². The van der Waals surface area contributed by atoms with E-state index >= 15 is 0 Å². The average Bonchev–Trinajstić information content (AvgIpc) is 3.76. The maximum Gasteiger partial charge on any atom is 0.248 e. The van der Waals surface area contributed by atoms with Crippen LogP contribution < -0.4 is 20.3 Å². The van der Waals surface area contributed by atoms with Gasteiger partial charge in [0.05, 0.1) is 24.6 Å². The highest BCUT2D eigenvalue weighted by molar-refractivity contribution is 6.01. The molecule has 2 unspecified atom stereocenters. The summed E-state index contributed by atoms with van der Waals surface area (Å²) in [5.74, 6) is 0.331. The number of benzene rings is 3. The van der Waals surface area contributed by atoms with Crippen molar-refractivity contribution in [1.82, 2.24) is 15.2 Å². The Labute approximate surface area is 261 Å². The highest BCUT2D eigenvalue weighted by atomic mass is 16.5. The van der Waals surface area contributed by atoms with Gasteiger partial charge in [-0.1, -0.05) is 35.9 Å². The summed E-state index contributed by atoms with van der Waals surface area (Å²) in [7, 11) is 0. The zero-order chi connectivity index (χ0) is 30.6. The molecule has 3 N–H and O–H groups in total. The first-order valence-corrected chi connectivity index (χ1v) is 15.4. The number of aliphatic imine (C=N–C) groups is 1. The fourth-order valence-corrected chi connectivity index (χ4v) is 6.19. The zero-order valence-electron chi connectivity index (χ0n) is 24.9. The predicted molar refractivity (Wildman–Crippen MR) is 174 cm³/mol. The molecule has 2 atom stereocenters. The van der Waals surface area contributed by atoms with Gasteiger partial charge in [0.25, 0.3) is 0 Å². The second-order valence-corrected chi connectivity index (χ2v) is 11.5. The number of hydrogen-bond acceptors (Lipinski definition) is 8. The molecule has 4 heterocycles. The highest BCUT2D eigenvalue weighted by Crippen LogP contribution is 2.44. The van der Waals surface area contributed by atoms with Crippen molar-refractivity contribution in [3.8, 4) is 11.9 Å². The van der Waals surface area contributed by atoms with E-state index in [1.54, 1.807) is 17.3 Å². The molecular formula is C35H35N7O3. The van der Waals surface area contributed by atoms with Crippen molar-refractivity contribution in [2.24, 2.45) is 4.99 Å². The molecule has 0 spiro atoms. The highest BCUT2D eigenvalue weighted by Gasteiger charge is 2.33. The van der Waals surface area contributed by atoms with Crippen LogP contribution in [0.3, 0.4) is 0 Å². The SMILES string of the molecule is N#CN1C=Nc2cc(OC3CCOC3)c(NC(=O)C=C3CCNCC3)cc2C1N(Cc1ccccc1)c1ccc2[nH]ccc2c1. The lowest BCUT2D eigenvalue weighted by Gasteiger charge is -2.39. The number of hydrogen-bond donors (Lipinski definition) is 3. The van der Waals surface area contributed by atoms with Crippen LogP contribution in [0.5, 0.6) is 5.75 Å². The van der Waals surface area contributed by atoms with Crippen molar-refractivity contribution in [3.63, 3.8) is 0 Å². The Hall–Kier alpha value is -5.11. The van der Waals surface area contributed by atoms with Gasteiger partial charge in [0.2, 0.25) is 5.91 Å². The lowest BCUT2D eigenvalue weighted by Crippen LogP contribution is -2.40. The number of amides is 1. The Morgan fingerprint density at radius 2 is 2.02 bits per heavy atom. The van der Waals surface area contributed by atoms with Crippen molar-refractivity contribution < 1.29 is 14.3 Å². The Kier molecular flexibility index (Phi) is 8.19. The van der Waals surface area contributed by atoms with Crippen LogP contribution in [0.1, 0.15) is 36.6 Å². The summed E-state index contributed by atoms with van der Waals surface area (Å²) in [6, 6.07) is 22.3. The Morgan fingerprint density at radius 3 is 2.82 bits per heavy atom. The van der Waals surface area contributed by atoms with Crippen molar-refractivity contribution >= 4 is 40.2 Å². The molecule has 1 amide bonds. The predicted octanol–water partition coefficient (Wildman–Crippen LogP) is 5.75. The molecule has 45 heavy (non-hydrogen) atoms. The van der Waals surface area contributed by atoms with Crippen molar-refractivity contribution in [3.05, 3.63) is 95.7 Å². The minimum Gasteiger partial charge on any atom is -0.486 e. The molecule has 228 valence electrons. The number of anilines is 2. The molecule has 0 aliphatic carbocycles. The number of carbonyl (C=O) groups is 1. The van der Waals surface area contributed by atoms with Crippen molar-refractivity contribution in [1.29, 1.82) is 5.26 Å². The van der Waals surface area contributed by atoms with Crippen LogP contribution in [0.4, 0.5) is 17.1 Å². The minimum atomic E-state index is -0.540. The number of piperidine rings is 1. The number of H-pyrrole nitrogens is 1. The normalized spacial score (nSPS) is 19.2. The van der Waals surface area contributed by atoms with Crippen LogP contribution in [0, 0.1) is 11.5 Å². The molecule has 2 fully saturated rings. The number of nitriles is 1. The molecule has 0 bridgehead atoms. The van der Waals surface area contributed by atoms with E-state index in [-0.39, 0.29) is 12.0 Å². The number of fused-ring (bicyclic) bond motifs is 2. The Balaban J connectivity index is 1.32. The molecular weight excluding hydrogens is 566 g/mol. The third-order valence-electron chi connectivity index (χ3n) is 8.49. The number of nitrogens with one attached hydrogen (secondary N) is 3. The van der Waals surface area contributed by atoms with Gasteiger partial charge in [-0.3, -0.25) is 4.79 Å². The summed E-state index contributed by atoms with van der Waals surface area (Å²) in [6.45, 7) is 3.39. The number of carbonyl (C=O) groups excluding carboxylic acids is 1. The summed E-state index contributed by atoms with van der Waals surface area (Å²) in [6.07, 6.45) is 9.32. The fourth-order valence-electron chi connectivity index (χ4n) is 6.19. The zero-order valence-corrected chi connectivity index (χ0v) is 24.9. The first kappa shape index (κ1) is 28.6. The van der Waals surface area contributed by atoms with Crippen LogP contribution in [0.15, 0.2) is 89.6 Å². The van der Waals surface area contributed by atoms with Gasteiger partial charge in [-0.15, -0.1) is 0 Å². The molecule has 0 saturated carbocycles. The molecule has 4 aromatic rings. The fraction of sp³-hybridized carbons (Fsp3) is 0.286. The summed E-state index contributed by atoms with van der Waals surface area (Å²) in [4.78, 5) is 25.0. The molecule has 0 radical (unpaired) electrons. The second kappa shape index (κ2) is 12.9. The third-order valence-corrected chi connectivity index (χ3v) is 8.49. The lowest BCUT2D eigenvalue weighted by atomic mass is 10.0. The van der Waals surface area contributed by atoms with Gasteiger partial charge in [0.1, 0.15) is 24.4 Å². The summed E-state index contributed by atoms with van der Waals surface area (Å²) in [5, 5.41) is 17.9. The van der Waals surface area contributed by atoms with Crippen molar-refractivity contribution in [2.45, 2.75) is 38.1 Å². The van der Waals surface area contributed by atoms with E-state index in [2.05, 4.69) is 62.0 Å². The Bertz CT molecular complexity index is 1780. The molecule has 10 nitrogen and oxygen atoms in total. The molecule has 2 saturated heterocycles. The summed E-state index contributed by atoms with van der Waals surface area (Å²) >= 11 is 0. The van der Waals surface area contributed by atoms with Gasteiger partial charge >= 0.3 is 0 Å². The van der Waals surface area contributed by atoms with Gasteiger partial charge in [0, 0.05) is 53.5 Å². The standard InChI is InChI=1S/C35H35N7O3/c36-22-41-23-39-31-19-33(45-28-11-15-44-21-28)32(40-34(43)16-24-8-12-37-13-9-24)18-29(31)35(41)42(20-25-4-2-1-3-5-25)27-6-7-30-26(17-27)10-14-38-30/h1-7,10,14,16-19,23,28,35,37-38H,8-9,11-13,15,20-21H2,(H,40,43). The third kappa shape index (κ3) is 6.27. The largest absolute Gasteiger partial charge is 0.486 e. The van der Waals surface area contributed by atoms with E-state index in [4.69, 9.17) is 9.47 Å². The van der Waals surface area contributed by atoms with Crippen LogP contribution in [-0.2, 0) is 16.1 Å². The van der Waals surface area contributed by atoms with Gasteiger partial charge in [-0.25, -0.2) is 9.89 Å². The van der Waals surface area contributed by atoms with Crippen LogP contribution in [0.2, 0.25) is 0 Å². The van der Waals surface area contributed by atoms with Crippen molar-refractivity contribution in [2.75, 3.05) is 36.5 Å². The monoisotopic (exact) mass is 601 g/mol. The van der Waals surface area contributed by atoms with Gasteiger partial charge in [0.15, 0.2) is 6.19 Å². The maximum atomic E-state index is 13.3. The molecule has 7 rings (SSSR count). The van der Waals surface area contributed by atoms with E-state index < -0.39 is 6.17 Å². The first-order chi connectivity index (χ1) is 22.1. The van der Waals surface area contributed by atoms with Crippen LogP contribution >= 0.6 is 0 Å². The van der Waals surface area contributed by atoms with E-state index in [1.807, 2.05) is 42.6 Å². The van der Waals surface area contributed by atoms with E-state index in [0.717, 1.165) is 65.6 Å².